The molecule has 0 amide bonds. The summed E-state index contributed by atoms with van der Waals surface area (Å²) in [4.78, 5) is 32.4. The van der Waals surface area contributed by atoms with E-state index in [-0.39, 0.29) is 11.5 Å². The first kappa shape index (κ1) is 20.3. The van der Waals surface area contributed by atoms with Gasteiger partial charge < -0.3 is 35.3 Å². The third kappa shape index (κ3) is 3.02. The van der Waals surface area contributed by atoms with Gasteiger partial charge in [0, 0.05) is 23.3 Å². The van der Waals surface area contributed by atoms with E-state index in [1.807, 2.05) is 0 Å². The second-order valence-electron chi connectivity index (χ2n) is 7.90. The molecule has 4 rings (SSSR count). The average molecular weight is 417 g/mol. The number of aromatic nitrogens is 2. The van der Waals surface area contributed by atoms with Gasteiger partial charge in [0.2, 0.25) is 0 Å². The number of nitrogens with zero attached hydrogens (tertiary/aromatic N) is 3. The second kappa shape index (κ2) is 7.04. The molecule has 4 atom stereocenters. The first-order valence-corrected chi connectivity index (χ1v) is 9.48. The highest BCUT2D eigenvalue weighted by Crippen LogP contribution is 2.46. The Morgan fingerprint density at radius 3 is 2.90 bits per heavy atom. The van der Waals surface area contributed by atoms with E-state index in [1.54, 1.807) is 24.6 Å². The lowest BCUT2D eigenvalue weighted by Gasteiger charge is -2.31. The molecule has 11 heteroatoms. The summed E-state index contributed by atoms with van der Waals surface area (Å²) in [5.41, 5.74) is 4.05. The van der Waals surface area contributed by atoms with Crippen LogP contribution in [0.1, 0.15) is 27.0 Å². The Balaban J connectivity index is 1.85. The van der Waals surface area contributed by atoms with Gasteiger partial charge in [-0.15, -0.1) is 0 Å². The lowest BCUT2D eigenvalue weighted by atomic mass is 9.96. The number of nitrogen functional groups attached to an aromatic ring is 1. The summed E-state index contributed by atoms with van der Waals surface area (Å²) in [6.07, 6.45) is -0.156. The van der Waals surface area contributed by atoms with Gasteiger partial charge in [-0.2, -0.15) is 4.98 Å². The summed E-state index contributed by atoms with van der Waals surface area (Å²) in [5, 5.41) is 24.9. The molecule has 11 nitrogen and oxygen atoms in total. The van der Waals surface area contributed by atoms with Gasteiger partial charge in [0.15, 0.2) is 12.3 Å². The first-order chi connectivity index (χ1) is 14.1. The molecular weight excluding hydrogens is 394 g/mol. The molecule has 2 aromatic heterocycles. The molecule has 30 heavy (non-hydrogen) atoms. The minimum atomic E-state index is -1.70. The Morgan fingerprint density at radius 2 is 2.23 bits per heavy atom. The number of anilines is 2. The van der Waals surface area contributed by atoms with Gasteiger partial charge in [-0.3, -0.25) is 9.59 Å². The number of hydrogen-bond acceptors (Lipinski definition) is 10. The van der Waals surface area contributed by atoms with Gasteiger partial charge in [0.1, 0.15) is 23.3 Å². The molecule has 2 aliphatic rings. The standard InChI is InChI=1S/C19H23N5O6/c1-8(2)17(27)30-14-11(6-25)29-18(19(14,3)28)24-5-9-10(20)4-12(26)23-15-13(9)16(24)22-7-21-15/h4-5,7-8,11,14,18,25,28H,6,20H2,1-3H3,(H,21,22,23,26). The number of nitrogens with one attached hydrogen (secondary N) is 1. The lowest BCUT2D eigenvalue weighted by molar-refractivity contribution is -0.167. The topological polar surface area (TPSA) is 161 Å². The van der Waals surface area contributed by atoms with Crippen molar-refractivity contribution < 1.29 is 24.5 Å². The van der Waals surface area contributed by atoms with Crippen LogP contribution in [0.4, 0.5) is 17.3 Å². The zero-order valence-electron chi connectivity index (χ0n) is 16.7. The SMILES string of the molecule is CC(C)C(=O)OC1C(CO)OC(n2cc3c(N)cc(=O)nc4c3c2N=CN4)C1(C)O. The van der Waals surface area contributed by atoms with Crippen LogP contribution in [0.5, 0.6) is 0 Å². The molecule has 0 saturated carbocycles. The largest absolute Gasteiger partial charge is 0.456 e. The van der Waals surface area contributed by atoms with Gasteiger partial charge >= 0.3 is 5.97 Å². The van der Waals surface area contributed by atoms with E-state index in [4.69, 9.17) is 15.2 Å². The molecular formula is C19H23N5O6. The van der Waals surface area contributed by atoms with E-state index < -0.39 is 48.1 Å². The van der Waals surface area contributed by atoms with Crippen LogP contribution in [-0.4, -0.2) is 56.5 Å². The summed E-state index contributed by atoms with van der Waals surface area (Å²) in [7, 11) is 0. The highest BCUT2D eigenvalue weighted by atomic mass is 16.6. The maximum atomic E-state index is 12.2. The van der Waals surface area contributed by atoms with Crippen molar-refractivity contribution in [1.82, 2.24) is 9.55 Å². The Morgan fingerprint density at radius 1 is 1.50 bits per heavy atom. The number of aliphatic hydroxyl groups is 2. The van der Waals surface area contributed by atoms with E-state index >= 15 is 0 Å². The number of rotatable bonds is 4. The molecule has 2 aliphatic heterocycles. The van der Waals surface area contributed by atoms with Crippen molar-refractivity contribution in [2.45, 2.75) is 44.8 Å². The van der Waals surface area contributed by atoms with Crippen molar-refractivity contribution >= 4 is 40.4 Å². The molecule has 5 N–H and O–H groups in total. The lowest BCUT2D eigenvalue weighted by Crippen LogP contribution is -2.47. The zero-order chi connectivity index (χ0) is 21.8. The molecule has 1 fully saturated rings. The Hall–Kier alpha value is -3.02. The minimum Gasteiger partial charge on any atom is -0.456 e. The minimum absolute atomic E-state index is 0.187. The smallest absolute Gasteiger partial charge is 0.308 e. The summed E-state index contributed by atoms with van der Waals surface area (Å²) < 4.78 is 12.9. The van der Waals surface area contributed by atoms with Gasteiger partial charge in [0.05, 0.1) is 24.2 Å². The Bertz CT molecular complexity index is 1110. The zero-order valence-corrected chi connectivity index (χ0v) is 16.7. The fourth-order valence-corrected chi connectivity index (χ4v) is 3.78. The van der Waals surface area contributed by atoms with Crippen LogP contribution in [0, 0.1) is 5.92 Å². The molecule has 2 aromatic rings. The number of carbonyl (C=O) groups excluding carboxylic acids is 1. The molecule has 4 heterocycles. The maximum Gasteiger partial charge on any atom is 0.308 e. The number of carbonyl (C=O) groups is 1. The van der Waals surface area contributed by atoms with E-state index in [2.05, 4.69) is 15.3 Å². The van der Waals surface area contributed by atoms with Crippen LogP contribution in [0.2, 0.25) is 0 Å². The predicted octanol–water partition coefficient (Wildman–Crippen LogP) is 0.272. The van der Waals surface area contributed by atoms with Crippen LogP contribution in [-0.2, 0) is 14.3 Å². The van der Waals surface area contributed by atoms with E-state index in [0.717, 1.165) is 0 Å². The fourth-order valence-electron chi connectivity index (χ4n) is 3.78. The number of hydrogen-bond donors (Lipinski definition) is 4. The van der Waals surface area contributed by atoms with Crippen molar-refractivity contribution in [2.75, 3.05) is 17.7 Å². The van der Waals surface area contributed by atoms with Gasteiger partial charge in [0.25, 0.3) is 5.56 Å². The maximum absolute atomic E-state index is 12.2. The van der Waals surface area contributed by atoms with Crippen molar-refractivity contribution in [3.8, 4) is 0 Å². The summed E-state index contributed by atoms with van der Waals surface area (Å²) >= 11 is 0. The molecule has 0 radical (unpaired) electrons. The highest BCUT2D eigenvalue weighted by molar-refractivity contribution is 6.10. The quantitative estimate of drug-likeness (QED) is 0.512. The highest BCUT2D eigenvalue weighted by Gasteiger charge is 2.56. The van der Waals surface area contributed by atoms with E-state index in [9.17, 15) is 19.8 Å². The number of esters is 1. The molecule has 0 bridgehead atoms. The van der Waals surface area contributed by atoms with Gasteiger partial charge in [-0.25, -0.2) is 4.99 Å². The van der Waals surface area contributed by atoms with E-state index in [0.29, 0.717) is 16.6 Å². The summed E-state index contributed by atoms with van der Waals surface area (Å²) in [5.74, 6) is -0.309. The molecule has 0 spiro atoms. The van der Waals surface area contributed by atoms with Crippen molar-refractivity contribution in [3.05, 3.63) is 22.6 Å². The number of nitrogens with two attached hydrogens (primary N) is 1. The van der Waals surface area contributed by atoms with Crippen LogP contribution in [0.15, 0.2) is 22.1 Å². The number of ether oxygens (including phenoxy) is 2. The third-order valence-corrected chi connectivity index (χ3v) is 5.31. The van der Waals surface area contributed by atoms with Crippen molar-refractivity contribution in [2.24, 2.45) is 10.9 Å². The predicted molar refractivity (Wildman–Crippen MR) is 109 cm³/mol. The van der Waals surface area contributed by atoms with Gasteiger partial charge in [-0.05, 0) is 6.92 Å². The normalized spacial score (nSPS) is 27.5. The second-order valence-corrected chi connectivity index (χ2v) is 7.90. The van der Waals surface area contributed by atoms with Crippen LogP contribution in [0.25, 0.3) is 10.8 Å². The molecule has 0 aromatic carbocycles. The van der Waals surface area contributed by atoms with Crippen LogP contribution in [0.3, 0.4) is 0 Å². The van der Waals surface area contributed by atoms with Gasteiger partial charge in [-0.1, -0.05) is 13.8 Å². The van der Waals surface area contributed by atoms with Crippen molar-refractivity contribution in [3.63, 3.8) is 0 Å². The fraction of sp³-hybridized carbons (Fsp3) is 0.474. The summed E-state index contributed by atoms with van der Waals surface area (Å²) in [6.45, 7) is 4.34. The molecule has 4 unspecified atom stereocenters. The van der Waals surface area contributed by atoms with Crippen molar-refractivity contribution in [1.29, 1.82) is 0 Å². The monoisotopic (exact) mass is 417 g/mol. The number of aliphatic hydroxyl groups excluding tert-OH is 1. The molecule has 1 saturated heterocycles. The third-order valence-electron chi connectivity index (χ3n) is 5.31. The molecule has 160 valence electrons. The Labute approximate surface area is 171 Å². The average Bonchev–Trinajstić information content (AvgIpc) is 3.13. The Kier molecular flexibility index (Phi) is 4.76. The number of aliphatic imine (C=N–C) groups is 1. The van der Waals surface area contributed by atoms with Crippen LogP contribution >= 0.6 is 0 Å². The molecule has 0 aliphatic carbocycles. The van der Waals surface area contributed by atoms with Crippen LogP contribution < -0.4 is 16.6 Å². The van der Waals surface area contributed by atoms with E-state index in [1.165, 1.54) is 19.3 Å². The first-order valence-electron chi connectivity index (χ1n) is 9.48. The summed E-state index contributed by atoms with van der Waals surface area (Å²) in [6, 6.07) is 1.20.